The number of likely N-dealkylation sites (N-methyl/N-ethyl adjacent to an activating group) is 1. The van der Waals surface area contributed by atoms with Crippen molar-refractivity contribution in [2.24, 2.45) is 0 Å². The number of carbonyl (C=O) groups is 1. The van der Waals surface area contributed by atoms with Crippen LogP contribution in [0, 0.1) is 0 Å². The van der Waals surface area contributed by atoms with E-state index in [9.17, 15) is 9.90 Å². The van der Waals surface area contributed by atoms with Crippen molar-refractivity contribution in [3.63, 3.8) is 0 Å². The fourth-order valence-electron chi connectivity index (χ4n) is 2.02. The molecule has 1 aromatic rings. The van der Waals surface area contributed by atoms with Crippen LogP contribution in [0.5, 0.6) is 5.75 Å². The number of rotatable bonds is 6. The molecule has 0 unspecified atom stereocenters. The molecule has 0 aliphatic heterocycles. The quantitative estimate of drug-likeness (QED) is 0.809. The highest BCUT2D eigenvalue weighted by molar-refractivity contribution is 5.89. The Kier molecular flexibility index (Phi) is 5.53. The van der Waals surface area contributed by atoms with Gasteiger partial charge in [0.1, 0.15) is 5.75 Å². The third-order valence-corrected chi connectivity index (χ3v) is 3.14. The predicted octanol–water partition coefficient (Wildman–Crippen LogP) is 2.04. The van der Waals surface area contributed by atoms with Crippen molar-refractivity contribution < 1.29 is 19.4 Å². The van der Waals surface area contributed by atoms with Crippen molar-refractivity contribution in [3.8, 4) is 5.75 Å². The molecule has 0 radical (unpaired) electrons. The monoisotopic (exact) mass is 281 g/mol. The molecule has 0 spiro atoms. The second kappa shape index (κ2) is 6.72. The highest BCUT2D eigenvalue weighted by Crippen LogP contribution is 2.21. The Balaban J connectivity index is 2.83. The number of hydrogen-bond donors (Lipinski definition) is 1. The van der Waals surface area contributed by atoms with E-state index in [-0.39, 0.29) is 11.4 Å². The van der Waals surface area contributed by atoms with Crippen molar-refractivity contribution >= 4 is 5.97 Å². The first-order valence-corrected chi connectivity index (χ1v) is 6.43. The number of methoxy groups -OCH3 is 2. The maximum absolute atomic E-state index is 11.5. The molecule has 0 aromatic heterocycles. The number of benzene rings is 1. The van der Waals surface area contributed by atoms with Gasteiger partial charge in [-0.15, -0.1) is 0 Å². The van der Waals surface area contributed by atoms with Crippen LogP contribution < -0.4 is 0 Å². The lowest BCUT2D eigenvalue weighted by molar-refractivity contribution is -0.00361. The molecule has 112 valence electrons. The standard InChI is InChI=1S/C15H23NO4/c1-15(2,20-5)10-16(3)9-12-8-11(14(18)19-4)6-7-13(12)17/h6-8,17H,9-10H2,1-5H3. The van der Waals surface area contributed by atoms with Crippen LogP contribution >= 0.6 is 0 Å². The van der Waals surface area contributed by atoms with Gasteiger partial charge in [-0.25, -0.2) is 4.79 Å². The average Bonchev–Trinajstić information content (AvgIpc) is 2.39. The van der Waals surface area contributed by atoms with Gasteiger partial charge < -0.3 is 14.6 Å². The van der Waals surface area contributed by atoms with Gasteiger partial charge in [0.15, 0.2) is 0 Å². The number of aromatic hydroxyl groups is 1. The minimum atomic E-state index is -0.411. The van der Waals surface area contributed by atoms with Gasteiger partial charge in [0.25, 0.3) is 0 Å². The van der Waals surface area contributed by atoms with E-state index in [0.717, 1.165) is 0 Å². The first-order valence-electron chi connectivity index (χ1n) is 6.43. The van der Waals surface area contributed by atoms with Gasteiger partial charge in [0.05, 0.1) is 18.3 Å². The lowest BCUT2D eigenvalue weighted by Crippen LogP contribution is -2.37. The van der Waals surface area contributed by atoms with Gasteiger partial charge in [-0.1, -0.05) is 0 Å². The number of nitrogens with zero attached hydrogens (tertiary/aromatic N) is 1. The Labute approximate surface area is 120 Å². The highest BCUT2D eigenvalue weighted by atomic mass is 16.5. The first-order chi connectivity index (χ1) is 9.29. The zero-order chi connectivity index (χ0) is 15.3. The molecule has 5 heteroatoms. The fraction of sp³-hybridized carbons (Fsp3) is 0.533. The SMILES string of the molecule is COC(=O)c1ccc(O)c(CN(C)CC(C)(C)OC)c1. The zero-order valence-electron chi connectivity index (χ0n) is 12.8. The maximum atomic E-state index is 11.5. The van der Waals surface area contributed by atoms with Crippen LogP contribution in [0.15, 0.2) is 18.2 Å². The van der Waals surface area contributed by atoms with Crippen molar-refractivity contribution in [1.82, 2.24) is 4.90 Å². The third-order valence-electron chi connectivity index (χ3n) is 3.14. The van der Waals surface area contributed by atoms with E-state index >= 15 is 0 Å². The Bertz CT molecular complexity index is 471. The van der Waals surface area contributed by atoms with E-state index in [0.29, 0.717) is 24.2 Å². The Morgan fingerprint density at radius 1 is 1.35 bits per heavy atom. The van der Waals surface area contributed by atoms with Crippen LogP contribution in [0.4, 0.5) is 0 Å². The molecular weight excluding hydrogens is 258 g/mol. The normalized spacial score (nSPS) is 11.7. The highest BCUT2D eigenvalue weighted by Gasteiger charge is 2.20. The van der Waals surface area contributed by atoms with Crippen LogP contribution in [0.25, 0.3) is 0 Å². The third kappa shape index (κ3) is 4.51. The zero-order valence-corrected chi connectivity index (χ0v) is 12.8. The molecule has 0 atom stereocenters. The topological polar surface area (TPSA) is 59.0 Å². The summed E-state index contributed by atoms with van der Waals surface area (Å²) in [4.78, 5) is 13.5. The number of hydrogen-bond acceptors (Lipinski definition) is 5. The largest absolute Gasteiger partial charge is 0.508 e. The molecule has 1 aromatic carbocycles. The van der Waals surface area contributed by atoms with Gasteiger partial charge in [-0.3, -0.25) is 4.90 Å². The predicted molar refractivity (Wildman–Crippen MR) is 76.9 cm³/mol. The summed E-state index contributed by atoms with van der Waals surface area (Å²) in [7, 11) is 4.94. The second-order valence-electron chi connectivity index (χ2n) is 5.47. The number of esters is 1. The molecule has 0 fully saturated rings. The second-order valence-corrected chi connectivity index (χ2v) is 5.47. The van der Waals surface area contributed by atoms with E-state index in [2.05, 4.69) is 4.74 Å². The van der Waals surface area contributed by atoms with Crippen LogP contribution in [0.1, 0.15) is 29.8 Å². The van der Waals surface area contributed by atoms with E-state index in [1.165, 1.54) is 13.2 Å². The molecule has 5 nitrogen and oxygen atoms in total. The molecule has 0 saturated carbocycles. The van der Waals surface area contributed by atoms with Crippen molar-refractivity contribution in [2.75, 3.05) is 27.8 Å². The van der Waals surface area contributed by atoms with Crippen LogP contribution in [-0.2, 0) is 16.0 Å². The molecule has 0 aliphatic rings. The van der Waals surface area contributed by atoms with Crippen molar-refractivity contribution in [3.05, 3.63) is 29.3 Å². The van der Waals surface area contributed by atoms with Crippen molar-refractivity contribution in [1.29, 1.82) is 0 Å². The molecule has 0 amide bonds. The lowest BCUT2D eigenvalue weighted by atomic mass is 10.1. The minimum Gasteiger partial charge on any atom is -0.508 e. The number of ether oxygens (including phenoxy) is 2. The van der Waals surface area contributed by atoms with Gasteiger partial charge in [0.2, 0.25) is 0 Å². The van der Waals surface area contributed by atoms with Crippen LogP contribution in [0.2, 0.25) is 0 Å². The van der Waals surface area contributed by atoms with Gasteiger partial charge in [-0.2, -0.15) is 0 Å². The summed E-state index contributed by atoms with van der Waals surface area (Å²) in [5, 5.41) is 9.88. The molecule has 0 heterocycles. The molecule has 0 bridgehead atoms. The fourth-order valence-corrected chi connectivity index (χ4v) is 2.02. The van der Waals surface area contributed by atoms with Crippen LogP contribution in [-0.4, -0.2) is 49.4 Å². The van der Waals surface area contributed by atoms with E-state index < -0.39 is 5.97 Å². The summed E-state index contributed by atoms with van der Waals surface area (Å²) in [6.07, 6.45) is 0. The van der Waals surface area contributed by atoms with Gasteiger partial charge >= 0.3 is 5.97 Å². The summed E-state index contributed by atoms with van der Waals surface area (Å²) in [5.74, 6) is -0.245. The lowest BCUT2D eigenvalue weighted by Gasteiger charge is -2.29. The summed E-state index contributed by atoms with van der Waals surface area (Å²) in [6.45, 7) is 5.21. The molecule has 0 saturated heterocycles. The summed E-state index contributed by atoms with van der Waals surface area (Å²) in [5.41, 5.74) is 0.839. The first kappa shape index (κ1) is 16.5. The van der Waals surface area contributed by atoms with Crippen LogP contribution in [0.3, 0.4) is 0 Å². The van der Waals surface area contributed by atoms with Crippen molar-refractivity contribution in [2.45, 2.75) is 26.0 Å². The summed E-state index contributed by atoms with van der Waals surface area (Å²) < 4.78 is 10.1. The molecule has 1 N–H and O–H groups in total. The Morgan fingerprint density at radius 2 is 2.00 bits per heavy atom. The summed E-state index contributed by atoms with van der Waals surface area (Å²) >= 11 is 0. The average molecular weight is 281 g/mol. The number of carbonyl (C=O) groups excluding carboxylic acids is 1. The van der Waals surface area contributed by atoms with E-state index in [1.807, 2.05) is 25.8 Å². The summed E-state index contributed by atoms with van der Waals surface area (Å²) in [6, 6.07) is 4.71. The van der Waals surface area contributed by atoms with E-state index in [1.54, 1.807) is 19.2 Å². The van der Waals surface area contributed by atoms with E-state index in [4.69, 9.17) is 4.74 Å². The molecule has 0 aliphatic carbocycles. The molecule has 20 heavy (non-hydrogen) atoms. The number of phenolic OH excluding ortho intramolecular Hbond substituents is 1. The smallest absolute Gasteiger partial charge is 0.337 e. The molecular formula is C15H23NO4. The Hall–Kier alpha value is -1.59. The Morgan fingerprint density at radius 3 is 2.55 bits per heavy atom. The minimum absolute atomic E-state index is 0.166. The maximum Gasteiger partial charge on any atom is 0.337 e. The van der Waals surface area contributed by atoms with Gasteiger partial charge in [-0.05, 0) is 39.1 Å². The molecule has 1 rings (SSSR count). The number of phenols is 1. The van der Waals surface area contributed by atoms with Gasteiger partial charge in [0, 0.05) is 25.8 Å².